The summed E-state index contributed by atoms with van der Waals surface area (Å²) in [7, 11) is 0. The van der Waals surface area contributed by atoms with Gasteiger partial charge in [0.25, 0.3) is 0 Å². The summed E-state index contributed by atoms with van der Waals surface area (Å²) in [5.41, 5.74) is 0.782. The van der Waals surface area contributed by atoms with Crippen molar-refractivity contribution in [3.05, 3.63) is 0 Å². The van der Waals surface area contributed by atoms with Crippen molar-refractivity contribution in [3.63, 3.8) is 0 Å². The van der Waals surface area contributed by atoms with Gasteiger partial charge in [0.2, 0.25) is 11.8 Å². The molecule has 0 saturated carbocycles. The summed E-state index contributed by atoms with van der Waals surface area (Å²) in [6.45, 7) is 19.4. The lowest BCUT2D eigenvalue weighted by atomic mass is 9.89. The average Bonchev–Trinajstić information content (AvgIpc) is 2.74. The van der Waals surface area contributed by atoms with Gasteiger partial charge in [0.05, 0.1) is 26.4 Å². The Bertz CT molecular complexity index is 477. The highest BCUT2D eigenvalue weighted by molar-refractivity contribution is 5.76. The van der Waals surface area contributed by atoms with Crippen LogP contribution in [0.25, 0.3) is 0 Å². The molecule has 32 heavy (non-hydrogen) atoms. The molecule has 2 heterocycles. The molecule has 2 fully saturated rings. The van der Waals surface area contributed by atoms with Crippen LogP contribution in [-0.2, 0) is 19.1 Å². The Labute approximate surface area is 197 Å². The van der Waals surface area contributed by atoms with Crippen LogP contribution in [0.3, 0.4) is 0 Å². The Kier molecular flexibility index (Phi) is 13.4. The summed E-state index contributed by atoms with van der Waals surface area (Å²) < 4.78 is 10.5. The summed E-state index contributed by atoms with van der Waals surface area (Å²) >= 11 is 0. The summed E-state index contributed by atoms with van der Waals surface area (Å²) in [5, 5.41) is 0. The number of carbonyl (C=O) groups excluding carboxylic acids is 2. The first-order valence-corrected chi connectivity index (χ1v) is 12.7. The highest BCUT2D eigenvalue weighted by Crippen LogP contribution is 2.23. The van der Waals surface area contributed by atoms with Crippen LogP contribution in [0.2, 0.25) is 0 Å². The summed E-state index contributed by atoms with van der Waals surface area (Å²) in [4.78, 5) is 27.4. The zero-order valence-electron chi connectivity index (χ0n) is 21.8. The lowest BCUT2D eigenvalue weighted by Crippen LogP contribution is -2.40. The molecule has 2 saturated heterocycles. The van der Waals surface area contributed by atoms with Crippen LogP contribution in [0.5, 0.6) is 0 Å². The Hall–Kier alpha value is -1.14. The van der Waals surface area contributed by atoms with E-state index >= 15 is 0 Å². The number of rotatable bonds is 8. The van der Waals surface area contributed by atoms with Gasteiger partial charge in [-0.15, -0.1) is 0 Å². The molecule has 6 heteroatoms. The smallest absolute Gasteiger partial charge is 0.222 e. The van der Waals surface area contributed by atoms with Crippen LogP contribution < -0.4 is 0 Å². The third-order valence-corrected chi connectivity index (χ3v) is 5.86. The number of morpholine rings is 2. The van der Waals surface area contributed by atoms with Gasteiger partial charge in [-0.25, -0.2) is 0 Å². The quantitative estimate of drug-likeness (QED) is 0.489. The SMILES string of the molecule is CC(C)(C)CCCCC(=O)N1CCOCC1.CC(C)(C)CCCCC(=O)N1CCOCC1. The molecule has 2 amide bonds. The third-order valence-electron chi connectivity index (χ3n) is 5.86. The minimum absolute atomic E-state index is 0.303. The zero-order valence-corrected chi connectivity index (χ0v) is 21.8. The first-order valence-electron chi connectivity index (χ1n) is 12.7. The van der Waals surface area contributed by atoms with Gasteiger partial charge in [-0.2, -0.15) is 0 Å². The molecular formula is C26H50N2O4. The fourth-order valence-corrected chi connectivity index (χ4v) is 3.80. The van der Waals surface area contributed by atoms with Crippen LogP contribution >= 0.6 is 0 Å². The van der Waals surface area contributed by atoms with E-state index < -0.39 is 0 Å². The maximum atomic E-state index is 11.8. The number of unbranched alkanes of at least 4 members (excludes halogenated alkanes) is 2. The van der Waals surface area contributed by atoms with E-state index in [0.29, 0.717) is 61.9 Å². The second-order valence-electron chi connectivity index (χ2n) is 11.5. The van der Waals surface area contributed by atoms with Crippen LogP contribution in [0, 0.1) is 10.8 Å². The lowest BCUT2D eigenvalue weighted by Gasteiger charge is -2.27. The fraction of sp³-hybridized carbons (Fsp3) is 0.923. The highest BCUT2D eigenvalue weighted by atomic mass is 16.5. The molecule has 2 aliphatic heterocycles. The number of amides is 2. The number of hydrogen-bond donors (Lipinski definition) is 0. The first-order chi connectivity index (χ1) is 15.0. The topological polar surface area (TPSA) is 59.1 Å². The molecule has 0 aliphatic carbocycles. The number of ether oxygens (including phenoxy) is 2. The van der Waals surface area contributed by atoms with Crippen molar-refractivity contribution in [1.29, 1.82) is 0 Å². The van der Waals surface area contributed by atoms with Gasteiger partial charge in [0.1, 0.15) is 0 Å². The van der Waals surface area contributed by atoms with E-state index in [9.17, 15) is 9.59 Å². The normalized spacial score (nSPS) is 17.6. The monoisotopic (exact) mass is 454 g/mol. The van der Waals surface area contributed by atoms with Crippen LogP contribution in [-0.4, -0.2) is 74.2 Å². The molecule has 188 valence electrons. The van der Waals surface area contributed by atoms with Gasteiger partial charge < -0.3 is 19.3 Å². The standard InChI is InChI=1S/2C13H25NO2/c2*1-13(2,3)7-5-4-6-12(15)14-8-10-16-11-9-14/h2*4-11H2,1-3H3. The minimum Gasteiger partial charge on any atom is -0.378 e. The molecule has 6 nitrogen and oxygen atoms in total. The molecule has 0 bridgehead atoms. The van der Waals surface area contributed by atoms with Crippen molar-refractivity contribution in [3.8, 4) is 0 Å². The van der Waals surface area contributed by atoms with Gasteiger partial charge in [-0.1, -0.05) is 54.4 Å². The molecule has 0 unspecified atom stereocenters. The van der Waals surface area contributed by atoms with Crippen molar-refractivity contribution in [2.45, 2.75) is 92.9 Å². The number of nitrogens with zero attached hydrogens (tertiary/aromatic N) is 2. The van der Waals surface area contributed by atoms with E-state index in [1.165, 1.54) is 12.8 Å². The van der Waals surface area contributed by atoms with E-state index in [4.69, 9.17) is 9.47 Å². The highest BCUT2D eigenvalue weighted by Gasteiger charge is 2.18. The fourth-order valence-electron chi connectivity index (χ4n) is 3.80. The Morgan fingerprint density at radius 3 is 1.19 bits per heavy atom. The maximum Gasteiger partial charge on any atom is 0.222 e. The molecule has 0 aromatic rings. The van der Waals surface area contributed by atoms with E-state index in [1.807, 2.05) is 9.80 Å². The van der Waals surface area contributed by atoms with Crippen molar-refractivity contribution in [2.24, 2.45) is 10.8 Å². The average molecular weight is 455 g/mol. The molecule has 0 radical (unpaired) electrons. The van der Waals surface area contributed by atoms with Crippen molar-refractivity contribution in [1.82, 2.24) is 9.80 Å². The van der Waals surface area contributed by atoms with E-state index in [1.54, 1.807) is 0 Å². The van der Waals surface area contributed by atoms with E-state index in [0.717, 1.165) is 51.9 Å². The van der Waals surface area contributed by atoms with E-state index in [2.05, 4.69) is 41.5 Å². The van der Waals surface area contributed by atoms with Gasteiger partial charge in [-0.3, -0.25) is 9.59 Å². The largest absolute Gasteiger partial charge is 0.378 e. The van der Waals surface area contributed by atoms with Gasteiger partial charge >= 0.3 is 0 Å². The Morgan fingerprint density at radius 1 is 0.594 bits per heavy atom. The molecular weight excluding hydrogens is 404 g/mol. The second kappa shape index (κ2) is 14.9. The molecule has 0 aromatic carbocycles. The van der Waals surface area contributed by atoms with Crippen LogP contribution in [0.1, 0.15) is 92.9 Å². The lowest BCUT2D eigenvalue weighted by molar-refractivity contribution is -0.136. The molecule has 0 spiro atoms. The summed E-state index contributed by atoms with van der Waals surface area (Å²) in [6.07, 6.45) is 8.15. The predicted molar refractivity (Wildman–Crippen MR) is 131 cm³/mol. The second-order valence-corrected chi connectivity index (χ2v) is 11.5. The van der Waals surface area contributed by atoms with Gasteiger partial charge in [0.15, 0.2) is 0 Å². The van der Waals surface area contributed by atoms with Crippen molar-refractivity contribution in [2.75, 3.05) is 52.6 Å². The van der Waals surface area contributed by atoms with Gasteiger partial charge in [0, 0.05) is 39.0 Å². The minimum atomic E-state index is 0.303. The van der Waals surface area contributed by atoms with Gasteiger partial charge in [-0.05, 0) is 36.5 Å². The van der Waals surface area contributed by atoms with Crippen LogP contribution in [0.15, 0.2) is 0 Å². The predicted octanol–water partition coefficient (Wildman–Crippen LogP) is 4.90. The molecule has 0 aromatic heterocycles. The van der Waals surface area contributed by atoms with Crippen LogP contribution in [0.4, 0.5) is 0 Å². The number of hydrogen-bond acceptors (Lipinski definition) is 4. The molecule has 2 rings (SSSR count). The number of carbonyl (C=O) groups is 2. The third kappa shape index (κ3) is 14.8. The molecule has 0 N–H and O–H groups in total. The summed E-state index contributed by atoms with van der Waals surface area (Å²) in [5.74, 6) is 0.606. The zero-order chi connectivity index (χ0) is 24.0. The molecule has 0 atom stereocenters. The first kappa shape index (κ1) is 28.9. The Morgan fingerprint density at radius 2 is 0.906 bits per heavy atom. The Balaban J connectivity index is 0.000000320. The van der Waals surface area contributed by atoms with Crippen molar-refractivity contribution < 1.29 is 19.1 Å². The maximum absolute atomic E-state index is 11.8. The molecule has 2 aliphatic rings. The van der Waals surface area contributed by atoms with E-state index in [-0.39, 0.29) is 0 Å². The van der Waals surface area contributed by atoms with Crippen molar-refractivity contribution >= 4 is 11.8 Å². The summed E-state index contributed by atoms with van der Waals surface area (Å²) in [6, 6.07) is 0.